The maximum atomic E-state index is 12.3. The van der Waals surface area contributed by atoms with E-state index in [4.69, 9.17) is 5.11 Å². The van der Waals surface area contributed by atoms with Gasteiger partial charge in [-0.3, -0.25) is 0 Å². The van der Waals surface area contributed by atoms with Crippen LogP contribution in [0.3, 0.4) is 0 Å². The summed E-state index contributed by atoms with van der Waals surface area (Å²) in [4.78, 5) is 10.3. The molecule has 14 heavy (non-hydrogen) atoms. The van der Waals surface area contributed by atoms with Gasteiger partial charge in [-0.1, -0.05) is 0 Å². The summed E-state index contributed by atoms with van der Waals surface area (Å²) >= 11 is 0. The lowest BCUT2D eigenvalue weighted by Gasteiger charge is -2.06. The van der Waals surface area contributed by atoms with Crippen molar-refractivity contribution in [3.05, 3.63) is 5.69 Å². The van der Waals surface area contributed by atoms with Crippen LogP contribution in [0.25, 0.3) is 0 Å². The Morgan fingerprint density at radius 3 is 2.57 bits per heavy atom. The molecule has 0 amide bonds. The Morgan fingerprint density at radius 2 is 2.07 bits per heavy atom. The molecule has 0 bridgehead atoms. The van der Waals surface area contributed by atoms with Crippen LogP contribution in [-0.4, -0.2) is 34.2 Å². The first-order valence-electron chi connectivity index (χ1n) is 3.17. The summed E-state index contributed by atoms with van der Waals surface area (Å²) in [7, 11) is 0. The molecule has 0 fully saturated rings. The molecular formula is C5H3F3N2O4. The number of halogens is 3. The molecule has 1 atom stereocenters. The topological polar surface area (TPSA) is 85.5 Å². The predicted octanol–water partition coefficient (Wildman–Crippen LogP) is 0.707. The van der Waals surface area contributed by atoms with Crippen molar-refractivity contribution in [2.45, 2.75) is 12.8 Å². The minimum atomic E-state index is -3.41. The first-order valence-corrected chi connectivity index (χ1v) is 3.17. The maximum absolute atomic E-state index is 12.3. The first kappa shape index (κ1) is 10.3. The predicted molar refractivity (Wildman–Crippen MR) is 32.8 cm³/mol. The van der Waals surface area contributed by atoms with Crippen molar-refractivity contribution in [2.24, 2.45) is 0 Å². The lowest BCUT2D eigenvalue weighted by atomic mass is 10.5. The van der Waals surface area contributed by atoms with E-state index in [0.29, 0.717) is 0 Å². The van der Waals surface area contributed by atoms with Crippen LogP contribution in [0.4, 0.5) is 13.2 Å². The molecule has 0 aromatic carbocycles. The van der Waals surface area contributed by atoms with Gasteiger partial charge in [0.25, 0.3) is 17.9 Å². The van der Waals surface area contributed by atoms with Gasteiger partial charge in [0.15, 0.2) is 0 Å². The van der Waals surface area contributed by atoms with Crippen molar-refractivity contribution in [1.82, 2.24) is 10.3 Å². The van der Waals surface area contributed by atoms with Crippen LogP contribution in [0.15, 0.2) is 4.63 Å². The SMILES string of the molecule is O=C(O)c1nonc1OC(F)C(F)F. The van der Waals surface area contributed by atoms with Crippen LogP contribution < -0.4 is 4.74 Å². The monoisotopic (exact) mass is 212 g/mol. The van der Waals surface area contributed by atoms with E-state index in [0.717, 1.165) is 0 Å². The summed E-state index contributed by atoms with van der Waals surface area (Å²) in [5.41, 5.74) is -0.867. The van der Waals surface area contributed by atoms with E-state index in [1.54, 1.807) is 0 Å². The van der Waals surface area contributed by atoms with Crippen molar-refractivity contribution in [3.8, 4) is 5.88 Å². The zero-order valence-corrected chi connectivity index (χ0v) is 6.35. The average molecular weight is 212 g/mol. The summed E-state index contributed by atoms with van der Waals surface area (Å²) in [6.07, 6.45) is -6.38. The zero-order valence-electron chi connectivity index (χ0n) is 6.35. The summed E-state index contributed by atoms with van der Waals surface area (Å²) in [5.74, 6) is -2.55. The van der Waals surface area contributed by atoms with E-state index in [1.807, 2.05) is 0 Å². The second-order valence-electron chi connectivity index (χ2n) is 2.03. The third-order valence-electron chi connectivity index (χ3n) is 1.08. The molecule has 0 radical (unpaired) electrons. The van der Waals surface area contributed by atoms with Crippen LogP contribution in [0.2, 0.25) is 0 Å². The fraction of sp³-hybridized carbons (Fsp3) is 0.400. The third-order valence-corrected chi connectivity index (χ3v) is 1.08. The number of carbonyl (C=O) groups is 1. The number of carboxylic acid groups (broad SMARTS) is 1. The molecule has 0 spiro atoms. The molecule has 1 aromatic rings. The number of carboxylic acids is 1. The molecule has 0 saturated heterocycles. The Balaban J connectivity index is 2.76. The van der Waals surface area contributed by atoms with Crippen molar-refractivity contribution in [1.29, 1.82) is 0 Å². The third kappa shape index (κ3) is 2.12. The van der Waals surface area contributed by atoms with Crippen molar-refractivity contribution in [3.63, 3.8) is 0 Å². The molecule has 0 aliphatic rings. The number of aromatic carboxylic acids is 1. The normalized spacial score (nSPS) is 12.9. The van der Waals surface area contributed by atoms with Gasteiger partial charge in [-0.15, -0.1) is 0 Å². The molecule has 78 valence electrons. The molecule has 1 rings (SSSR count). The molecule has 0 aliphatic carbocycles. The van der Waals surface area contributed by atoms with E-state index in [-0.39, 0.29) is 0 Å². The van der Waals surface area contributed by atoms with Gasteiger partial charge >= 0.3 is 12.4 Å². The second kappa shape index (κ2) is 3.94. The quantitative estimate of drug-likeness (QED) is 0.790. The molecule has 9 heteroatoms. The van der Waals surface area contributed by atoms with Gasteiger partial charge in [0.05, 0.1) is 0 Å². The van der Waals surface area contributed by atoms with Crippen molar-refractivity contribution < 1.29 is 32.4 Å². The van der Waals surface area contributed by atoms with Crippen LogP contribution in [0, 0.1) is 0 Å². The smallest absolute Gasteiger partial charge is 0.363 e. The summed E-state index contributed by atoms with van der Waals surface area (Å²) in [6, 6.07) is 0. The summed E-state index contributed by atoms with van der Waals surface area (Å²) in [6.45, 7) is 0. The van der Waals surface area contributed by atoms with Gasteiger partial charge in [-0.2, -0.15) is 4.39 Å². The molecule has 1 aromatic heterocycles. The zero-order chi connectivity index (χ0) is 10.7. The Hall–Kier alpha value is -1.80. The highest BCUT2D eigenvalue weighted by atomic mass is 19.3. The summed E-state index contributed by atoms with van der Waals surface area (Å²) in [5, 5.41) is 14.0. The fourth-order valence-corrected chi connectivity index (χ4v) is 0.547. The van der Waals surface area contributed by atoms with Crippen molar-refractivity contribution in [2.75, 3.05) is 0 Å². The number of hydrogen-bond donors (Lipinski definition) is 1. The molecule has 1 N–H and O–H groups in total. The molecule has 1 unspecified atom stereocenters. The van der Waals surface area contributed by atoms with Crippen molar-refractivity contribution >= 4 is 5.97 Å². The van der Waals surface area contributed by atoms with Gasteiger partial charge < -0.3 is 9.84 Å². The highest BCUT2D eigenvalue weighted by molar-refractivity contribution is 5.87. The Labute approximate surface area is 74.2 Å². The highest BCUT2D eigenvalue weighted by Gasteiger charge is 2.27. The van der Waals surface area contributed by atoms with E-state index >= 15 is 0 Å². The maximum Gasteiger partial charge on any atom is 0.363 e. The van der Waals surface area contributed by atoms with Gasteiger partial charge in [-0.25, -0.2) is 18.2 Å². The summed E-state index contributed by atoms with van der Waals surface area (Å²) < 4.78 is 43.2. The van der Waals surface area contributed by atoms with Crippen LogP contribution in [0.5, 0.6) is 5.88 Å². The largest absolute Gasteiger partial charge is 0.476 e. The molecule has 0 aliphatic heterocycles. The molecule has 1 heterocycles. The van der Waals surface area contributed by atoms with E-state index in [1.165, 1.54) is 0 Å². The Morgan fingerprint density at radius 1 is 1.43 bits per heavy atom. The average Bonchev–Trinajstić information content (AvgIpc) is 2.52. The Kier molecular flexibility index (Phi) is 2.89. The lowest BCUT2D eigenvalue weighted by Crippen LogP contribution is -2.20. The van der Waals surface area contributed by atoms with Gasteiger partial charge in [-0.05, 0) is 10.3 Å². The minimum absolute atomic E-state index is 0.867. The number of ether oxygens (including phenoxy) is 1. The van der Waals surface area contributed by atoms with Crippen LogP contribution in [0.1, 0.15) is 10.5 Å². The second-order valence-corrected chi connectivity index (χ2v) is 2.03. The van der Waals surface area contributed by atoms with E-state index in [9.17, 15) is 18.0 Å². The Bertz CT molecular complexity index is 329. The highest BCUT2D eigenvalue weighted by Crippen LogP contribution is 2.17. The van der Waals surface area contributed by atoms with E-state index < -0.39 is 30.3 Å². The van der Waals surface area contributed by atoms with Gasteiger partial charge in [0, 0.05) is 0 Å². The molecule has 0 saturated carbocycles. The molecule has 6 nitrogen and oxygen atoms in total. The fourth-order valence-electron chi connectivity index (χ4n) is 0.547. The van der Waals surface area contributed by atoms with E-state index in [2.05, 4.69) is 19.7 Å². The number of rotatable bonds is 4. The van der Waals surface area contributed by atoms with Crippen LogP contribution in [-0.2, 0) is 0 Å². The number of hydrogen-bond acceptors (Lipinski definition) is 5. The van der Waals surface area contributed by atoms with Crippen LogP contribution >= 0.6 is 0 Å². The lowest BCUT2D eigenvalue weighted by molar-refractivity contribution is -0.0705. The standard InChI is InChI=1S/C5H3F3N2O4/c6-2(7)3(8)13-4-1(5(11)12)9-14-10-4/h2-3H,(H,11,12). The van der Waals surface area contributed by atoms with Gasteiger partial charge in [0.1, 0.15) is 0 Å². The number of nitrogens with zero attached hydrogens (tertiary/aromatic N) is 2. The molecular weight excluding hydrogens is 209 g/mol. The van der Waals surface area contributed by atoms with Gasteiger partial charge in [0.2, 0.25) is 0 Å². The number of alkyl halides is 3. The minimum Gasteiger partial charge on any atom is -0.476 e. The number of aromatic nitrogens is 2. The first-order chi connectivity index (χ1) is 6.52.